The molecule has 0 spiro atoms. The van der Waals surface area contributed by atoms with Gasteiger partial charge < -0.3 is 10.1 Å². The standard InChI is InChI=1S/C9H18N2O/c1-6-4-11(5-7(2)10-6)9-8(3)12-9/h6-10H,4-5H2,1-3H3. The average molecular weight is 170 g/mol. The Kier molecular flexibility index (Phi) is 2.10. The van der Waals surface area contributed by atoms with E-state index >= 15 is 0 Å². The zero-order valence-corrected chi connectivity index (χ0v) is 8.08. The minimum Gasteiger partial charge on any atom is -0.353 e. The second-order valence-electron chi connectivity index (χ2n) is 4.15. The molecule has 0 radical (unpaired) electrons. The summed E-state index contributed by atoms with van der Waals surface area (Å²) in [4.78, 5) is 2.44. The maximum absolute atomic E-state index is 5.45. The van der Waals surface area contributed by atoms with Crippen LogP contribution in [0, 0.1) is 0 Å². The van der Waals surface area contributed by atoms with E-state index in [1.54, 1.807) is 0 Å². The van der Waals surface area contributed by atoms with Crippen molar-refractivity contribution in [2.75, 3.05) is 13.1 Å². The fourth-order valence-electron chi connectivity index (χ4n) is 2.13. The predicted molar refractivity (Wildman–Crippen MR) is 48.0 cm³/mol. The van der Waals surface area contributed by atoms with E-state index in [1.807, 2.05) is 0 Å². The number of hydrogen-bond donors (Lipinski definition) is 1. The maximum Gasteiger partial charge on any atom is 0.137 e. The van der Waals surface area contributed by atoms with E-state index in [1.165, 1.54) is 0 Å². The maximum atomic E-state index is 5.45. The van der Waals surface area contributed by atoms with Crippen LogP contribution in [-0.2, 0) is 4.74 Å². The highest BCUT2D eigenvalue weighted by Crippen LogP contribution is 2.26. The molecule has 0 aromatic carbocycles. The third-order valence-electron chi connectivity index (χ3n) is 2.62. The molecule has 0 aromatic heterocycles. The largest absolute Gasteiger partial charge is 0.353 e. The summed E-state index contributed by atoms with van der Waals surface area (Å²) in [5, 5.41) is 3.51. The molecule has 2 aliphatic heterocycles. The third kappa shape index (κ3) is 1.63. The summed E-state index contributed by atoms with van der Waals surface area (Å²) in [6.07, 6.45) is 0.875. The van der Waals surface area contributed by atoms with E-state index in [0.29, 0.717) is 24.4 Å². The van der Waals surface area contributed by atoms with Crippen LogP contribution in [0.1, 0.15) is 20.8 Å². The first-order valence-electron chi connectivity index (χ1n) is 4.82. The van der Waals surface area contributed by atoms with Gasteiger partial charge in [-0.25, -0.2) is 0 Å². The summed E-state index contributed by atoms with van der Waals surface area (Å²) in [6.45, 7) is 8.85. The van der Waals surface area contributed by atoms with Gasteiger partial charge in [-0.2, -0.15) is 0 Å². The van der Waals surface area contributed by atoms with Gasteiger partial charge in [-0.1, -0.05) is 0 Å². The average Bonchev–Trinajstić information content (AvgIpc) is 2.64. The monoisotopic (exact) mass is 170 g/mol. The van der Waals surface area contributed by atoms with Gasteiger partial charge >= 0.3 is 0 Å². The summed E-state index contributed by atoms with van der Waals surface area (Å²) in [6, 6.07) is 1.20. The highest BCUT2D eigenvalue weighted by atomic mass is 16.6. The van der Waals surface area contributed by atoms with Gasteiger partial charge in [0.15, 0.2) is 0 Å². The second kappa shape index (κ2) is 2.98. The van der Waals surface area contributed by atoms with Crippen molar-refractivity contribution in [3.8, 4) is 0 Å². The Labute approximate surface area is 74.1 Å². The van der Waals surface area contributed by atoms with Crippen molar-refractivity contribution in [1.82, 2.24) is 10.2 Å². The molecule has 1 N–H and O–H groups in total. The van der Waals surface area contributed by atoms with Crippen LogP contribution in [-0.4, -0.2) is 42.4 Å². The fourth-order valence-corrected chi connectivity index (χ4v) is 2.13. The Morgan fingerprint density at radius 3 is 2.08 bits per heavy atom. The molecule has 2 rings (SSSR count). The Balaban J connectivity index is 1.89. The van der Waals surface area contributed by atoms with E-state index in [2.05, 4.69) is 31.0 Å². The van der Waals surface area contributed by atoms with E-state index < -0.39 is 0 Å². The first-order valence-corrected chi connectivity index (χ1v) is 4.82. The molecule has 3 nitrogen and oxygen atoms in total. The molecule has 12 heavy (non-hydrogen) atoms. The minimum atomic E-state index is 0.414. The van der Waals surface area contributed by atoms with Gasteiger partial charge in [-0.15, -0.1) is 0 Å². The van der Waals surface area contributed by atoms with Crippen LogP contribution in [0.4, 0.5) is 0 Å². The molecule has 0 saturated carbocycles. The highest BCUT2D eigenvalue weighted by molar-refractivity contribution is 4.89. The molecule has 3 heteroatoms. The number of ether oxygens (including phenoxy) is 1. The summed E-state index contributed by atoms with van der Waals surface area (Å²) in [7, 11) is 0. The summed E-state index contributed by atoms with van der Waals surface area (Å²) >= 11 is 0. The summed E-state index contributed by atoms with van der Waals surface area (Å²) in [5.41, 5.74) is 0. The SMILES string of the molecule is CC1CN(C2OC2C)CC(C)N1. The lowest BCUT2D eigenvalue weighted by molar-refractivity contribution is 0.114. The first kappa shape index (κ1) is 8.48. The van der Waals surface area contributed by atoms with Crippen LogP contribution in [0.15, 0.2) is 0 Å². The number of rotatable bonds is 1. The Morgan fingerprint density at radius 1 is 1.17 bits per heavy atom. The lowest BCUT2D eigenvalue weighted by atomic mass is 10.1. The minimum absolute atomic E-state index is 0.414. The molecule has 70 valence electrons. The Hall–Kier alpha value is -0.120. The van der Waals surface area contributed by atoms with Crippen molar-refractivity contribution < 1.29 is 4.74 Å². The van der Waals surface area contributed by atoms with Gasteiger partial charge in [-0.3, -0.25) is 4.90 Å². The van der Waals surface area contributed by atoms with Crippen molar-refractivity contribution in [2.24, 2.45) is 0 Å². The molecule has 2 heterocycles. The van der Waals surface area contributed by atoms with Crippen LogP contribution in [0.25, 0.3) is 0 Å². The van der Waals surface area contributed by atoms with Crippen molar-refractivity contribution in [3.05, 3.63) is 0 Å². The molecule has 0 aromatic rings. The number of piperazine rings is 1. The second-order valence-corrected chi connectivity index (χ2v) is 4.15. The van der Waals surface area contributed by atoms with Gasteiger partial charge in [0.1, 0.15) is 6.23 Å². The topological polar surface area (TPSA) is 27.8 Å². The van der Waals surface area contributed by atoms with Crippen molar-refractivity contribution >= 4 is 0 Å². The van der Waals surface area contributed by atoms with Crippen LogP contribution in [0.3, 0.4) is 0 Å². The molecular weight excluding hydrogens is 152 g/mol. The molecule has 2 fully saturated rings. The molecular formula is C9H18N2O. The summed E-state index contributed by atoms with van der Waals surface area (Å²) < 4.78 is 5.45. The van der Waals surface area contributed by atoms with Crippen LogP contribution in [0.2, 0.25) is 0 Å². The quantitative estimate of drug-likeness (QED) is 0.578. The zero-order valence-electron chi connectivity index (χ0n) is 8.08. The van der Waals surface area contributed by atoms with Crippen LogP contribution < -0.4 is 5.32 Å². The van der Waals surface area contributed by atoms with Crippen molar-refractivity contribution in [3.63, 3.8) is 0 Å². The molecule has 0 bridgehead atoms. The smallest absolute Gasteiger partial charge is 0.137 e. The number of hydrogen-bond acceptors (Lipinski definition) is 3. The molecule has 2 aliphatic rings. The van der Waals surface area contributed by atoms with Gasteiger partial charge in [0.2, 0.25) is 0 Å². The Bertz CT molecular complexity index is 164. The predicted octanol–water partition coefficient (Wildman–Crippen LogP) is 0.413. The molecule has 2 saturated heterocycles. The highest BCUT2D eigenvalue weighted by Gasteiger charge is 2.41. The van der Waals surface area contributed by atoms with E-state index in [4.69, 9.17) is 4.74 Å². The zero-order chi connectivity index (χ0) is 8.72. The fraction of sp³-hybridized carbons (Fsp3) is 1.00. The van der Waals surface area contributed by atoms with Crippen molar-refractivity contribution in [2.45, 2.75) is 45.2 Å². The summed E-state index contributed by atoms with van der Waals surface area (Å²) in [5.74, 6) is 0. The van der Waals surface area contributed by atoms with E-state index in [-0.39, 0.29) is 0 Å². The third-order valence-corrected chi connectivity index (χ3v) is 2.62. The Morgan fingerprint density at radius 2 is 1.67 bits per heavy atom. The molecule has 4 atom stereocenters. The van der Waals surface area contributed by atoms with Crippen molar-refractivity contribution in [1.29, 1.82) is 0 Å². The van der Waals surface area contributed by atoms with Crippen LogP contribution >= 0.6 is 0 Å². The van der Waals surface area contributed by atoms with Gasteiger partial charge in [0.05, 0.1) is 6.10 Å². The first-order chi connectivity index (χ1) is 5.66. The van der Waals surface area contributed by atoms with Gasteiger partial charge in [0, 0.05) is 25.2 Å². The molecule has 0 aliphatic carbocycles. The number of nitrogens with one attached hydrogen (secondary N) is 1. The van der Waals surface area contributed by atoms with Gasteiger partial charge in [-0.05, 0) is 20.8 Å². The van der Waals surface area contributed by atoms with Gasteiger partial charge in [0.25, 0.3) is 0 Å². The number of epoxide rings is 1. The number of nitrogens with zero attached hydrogens (tertiary/aromatic N) is 1. The molecule has 0 amide bonds. The van der Waals surface area contributed by atoms with Crippen LogP contribution in [0.5, 0.6) is 0 Å². The van der Waals surface area contributed by atoms with E-state index in [0.717, 1.165) is 13.1 Å². The normalized spacial score (nSPS) is 49.2. The lowest BCUT2D eigenvalue weighted by Crippen LogP contribution is -2.55. The van der Waals surface area contributed by atoms with E-state index in [9.17, 15) is 0 Å². The molecule has 4 unspecified atom stereocenters. The lowest BCUT2D eigenvalue weighted by Gasteiger charge is -2.35.